The average molecular weight is 623 g/mol. The van der Waals surface area contributed by atoms with Crippen molar-refractivity contribution in [3.8, 4) is 0 Å². The summed E-state index contributed by atoms with van der Waals surface area (Å²) in [6.07, 6.45) is 0. The van der Waals surface area contributed by atoms with E-state index in [4.69, 9.17) is 0 Å². The van der Waals surface area contributed by atoms with Gasteiger partial charge >= 0.3 is 0 Å². The molecule has 0 saturated carbocycles. The maximum Gasteiger partial charge on any atom is 0.268 e. The summed E-state index contributed by atoms with van der Waals surface area (Å²) in [5, 5.41) is -0.429. The minimum atomic E-state index is -1.03. The molecule has 0 aliphatic carbocycles. The Labute approximate surface area is 267 Å². The predicted molar refractivity (Wildman–Crippen MR) is 175 cm³/mol. The van der Waals surface area contributed by atoms with Crippen molar-refractivity contribution in [2.24, 2.45) is 0 Å². The van der Waals surface area contributed by atoms with Crippen molar-refractivity contribution >= 4 is 45.8 Å². The van der Waals surface area contributed by atoms with Gasteiger partial charge in [0.2, 0.25) is 0 Å². The van der Waals surface area contributed by atoms with Crippen LogP contribution in [0.1, 0.15) is 143 Å². The van der Waals surface area contributed by atoms with Crippen molar-refractivity contribution in [2.75, 3.05) is 9.80 Å². The molecule has 4 aromatic carbocycles. The first kappa shape index (κ1) is 31.3. The van der Waals surface area contributed by atoms with Crippen LogP contribution >= 0.6 is 0 Å². The van der Waals surface area contributed by atoms with Crippen LogP contribution in [0.4, 0.5) is 20.2 Å². The fourth-order valence-corrected chi connectivity index (χ4v) is 6.92. The van der Waals surface area contributed by atoms with E-state index in [0.29, 0.717) is 33.6 Å². The largest absolute Gasteiger partial charge is 0.268 e. The number of rotatable bonds is 6. The molecule has 0 spiro atoms. The lowest BCUT2D eigenvalue weighted by atomic mass is 9.83. The van der Waals surface area contributed by atoms with Crippen LogP contribution in [0.15, 0.2) is 48.5 Å². The van der Waals surface area contributed by atoms with Crippen LogP contribution in [-0.2, 0) is 0 Å². The number of benzene rings is 4. The molecular formula is C38H36F2N2O4. The maximum atomic E-state index is 16.3. The van der Waals surface area contributed by atoms with Gasteiger partial charge in [-0.15, -0.1) is 0 Å². The molecule has 236 valence electrons. The third-order valence-electron chi connectivity index (χ3n) is 9.14. The molecule has 2 aliphatic rings. The number of para-hydroxylation sites is 2. The van der Waals surface area contributed by atoms with Gasteiger partial charge in [0.15, 0.2) is 0 Å². The Morgan fingerprint density at radius 1 is 0.478 bits per heavy atom. The van der Waals surface area contributed by atoms with E-state index < -0.39 is 46.4 Å². The smallest absolute Gasteiger partial charge is 0.268 e. The summed E-state index contributed by atoms with van der Waals surface area (Å²) in [4.78, 5) is 59.0. The fourth-order valence-electron chi connectivity index (χ4n) is 6.92. The Morgan fingerprint density at radius 3 is 1.02 bits per heavy atom. The van der Waals surface area contributed by atoms with Crippen molar-refractivity contribution in [2.45, 2.75) is 79.1 Å². The number of carbonyl (C=O) groups excluding carboxylic acids is 4. The Morgan fingerprint density at radius 2 is 0.761 bits per heavy atom. The number of imide groups is 2. The number of hydrogen-bond donors (Lipinski definition) is 0. The van der Waals surface area contributed by atoms with E-state index in [0.717, 1.165) is 21.9 Å². The normalized spacial score (nSPS) is 14.7. The van der Waals surface area contributed by atoms with Crippen LogP contribution < -0.4 is 9.80 Å². The molecule has 6 rings (SSSR count). The van der Waals surface area contributed by atoms with E-state index in [9.17, 15) is 19.2 Å². The predicted octanol–water partition coefficient (Wildman–Crippen LogP) is 9.21. The summed E-state index contributed by atoms with van der Waals surface area (Å²) in [5.74, 6) is -5.99. The highest BCUT2D eigenvalue weighted by atomic mass is 19.1. The quantitative estimate of drug-likeness (QED) is 0.201. The molecule has 8 heteroatoms. The highest BCUT2D eigenvalue weighted by molar-refractivity contribution is 6.42. The molecule has 4 aromatic rings. The minimum Gasteiger partial charge on any atom is -0.268 e. The van der Waals surface area contributed by atoms with Crippen molar-refractivity contribution in [3.63, 3.8) is 0 Å². The molecule has 0 fully saturated rings. The highest BCUT2D eigenvalue weighted by Gasteiger charge is 2.45. The minimum absolute atomic E-state index is 0.0988. The maximum absolute atomic E-state index is 16.3. The molecule has 0 radical (unpaired) electrons. The van der Waals surface area contributed by atoms with Crippen molar-refractivity contribution in [1.29, 1.82) is 0 Å². The summed E-state index contributed by atoms with van der Waals surface area (Å²) in [7, 11) is 0. The van der Waals surface area contributed by atoms with Crippen LogP contribution in [0, 0.1) is 11.6 Å². The van der Waals surface area contributed by atoms with E-state index in [1.165, 1.54) is 0 Å². The Bertz CT molecular complexity index is 1830. The average Bonchev–Trinajstić information content (AvgIpc) is 2.99. The van der Waals surface area contributed by atoms with Gasteiger partial charge in [-0.25, -0.2) is 18.6 Å². The lowest BCUT2D eigenvalue weighted by Gasteiger charge is -2.35. The third-order valence-corrected chi connectivity index (χ3v) is 9.14. The van der Waals surface area contributed by atoms with E-state index >= 15 is 8.78 Å². The molecular weight excluding hydrogens is 586 g/mol. The zero-order valence-corrected chi connectivity index (χ0v) is 27.2. The summed E-state index contributed by atoms with van der Waals surface area (Å²) < 4.78 is 32.7. The second-order valence-electron chi connectivity index (χ2n) is 13.4. The summed E-state index contributed by atoms with van der Waals surface area (Å²) in [6, 6.07) is 12.7. The van der Waals surface area contributed by atoms with Gasteiger partial charge in [0, 0.05) is 10.8 Å². The highest BCUT2D eigenvalue weighted by Crippen LogP contribution is 2.46. The first-order chi connectivity index (χ1) is 21.7. The standard InChI is InChI=1S/C38H36F2N2O4/c1-17(2)21-11-9-12-22(18(3)4)33(21)41-35(43)25-15-28(40)32-30-26(16-27(39)31(29(25)30)37(41)45)36(44)42(38(32)46)34-23(19(5)6)13-10-14-24(34)20(7)8/h9-20H,1-8H3. The van der Waals surface area contributed by atoms with Gasteiger partial charge in [-0.1, -0.05) is 91.8 Å². The van der Waals surface area contributed by atoms with Gasteiger partial charge in [-0.05, 0) is 58.1 Å². The van der Waals surface area contributed by atoms with Crippen LogP contribution in [0.25, 0.3) is 10.8 Å². The Balaban J connectivity index is 1.65. The van der Waals surface area contributed by atoms with Gasteiger partial charge in [0.1, 0.15) is 11.6 Å². The van der Waals surface area contributed by atoms with Gasteiger partial charge < -0.3 is 0 Å². The monoisotopic (exact) mass is 622 g/mol. The van der Waals surface area contributed by atoms with Gasteiger partial charge in [0.05, 0.1) is 33.6 Å². The Kier molecular flexibility index (Phi) is 7.45. The van der Waals surface area contributed by atoms with E-state index in [1.807, 2.05) is 91.8 Å². The molecule has 0 saturated heterocycles. The third kappa shape index (κ3) is 4.33. The molecule has 0 bridgehead atoms. The molecule has 46 heavy (non-hydrogen) atoms. The molecule has 0 aromatic heterocycles. The molecule has 0 unspecified atom stereocenters. The molecule has 2 heterocycles. The number of halogens is 2. The number of nitrogens with zero attached hydrogens (tertiary/aromatic N) is 2. The van der Waals surface area contributed by atoms with E-state index in [-0.39, 0.29) is 45.6 Å². The molecule has 6 nitrogen and oxygen atoms in total. The SMILES string of the molecule is CC(C)c1cccc(C(C)C)c1N1C(=O)c2cc(F)c3c4c(cc(F)c(c24)C1=O)C(=O)N(c1c(C(C)C)cccc1C(C)C)C3=O. The second-order valence-corrected chi connectivity index (χ2v) is 13.4. The number of amides is 4. The van der Waals surface area contributed by atoms with Crippen molar-refractivity contribution < 1.29 is 28.0 Å². The molecule has 0 N–H and O–H groups in total. The zero-order valence-electron chi connectivity index (χ0n) is 27.2. The van der Waals surface area contributed by atoms with E-state index in [1.54, 1.807) is 0 Å². The van der Waals surface area contributed by atoms with Gasteiger partial charge in [0.25, 0.3) is 23.6 Å². The van der Waals surface area contributed by atoms with Gasteiger partial charge in [-0.2, -0.15) is 0 Å². The van der Waals surface area contributed by atoms with E-state index in [2.05, 4.69) is 0 Å². The first-order valence-corrected chi connectivity index (χ1v) is 15.7. The number of hydrogen-bond acceptors (Lipinski definition) is 4. The zero-order chi connectivity index (χ0) is 33.5. The summed E-state index contributed by atoms with van der Waals surface area (Å²) >= 11 is 0. The van der Waals surface area contributed by atoms with Crippen molar-refractivity contribution in [1.82, 2.24) is 0 Å². The lowest BCUT2D eigenvalue weighted by molar-refractivity contribution is 0.0868. The first-order valence-electron chi connectivity index (χ1n) is 15.7. The fraction of sp³-hybridized carbons (Fsp3) is 0.316. The summed E-state index contributed by atoms with van der Waals surface area (Å²) in [6.45, 7) is 15.4. The molecule has 2 aliphatic heterocycles. The van der Waals surface area contributed by atoms with Crippen LogP contribution in [0.5, 0.6) is 0 Å². The number of anilines is 2. The van der Waals surface area contributed by atoms with Crippen LogP contribution in [0.3, 0.4) is 0 Å². The Hall–Kier alpha value is -4.72. The topological polar surface area (TPSA) is 74.8 Å². The van der Waals surface area contributed by atoms with Crippen molar-refractivity contribution in [3.05, 3.63) is 105 Å². The van der Waals surface area contributed by atoms with Gasteiger partial charge in [-0.3, -0.25) is 19.2 Å². The summed E-state index contributed by atoms with van der Waals surface area (Å²) in [5.41, 5.74) is 1.99. The second kappa shape index (κ2) is 11.0. The van der Waals surface area contributed by atoms with Crippen LogP contribution in [-0.4, -0.2) is 23.6 Å². The molecule has 0 atom stereocenters. The molecule has 4 amide bonds. The number of carbonyl (C=O) groups is 4. The van der Waals surface area contributed by atoms with Crippen LogP contribution in [0.2, 0.25) is 0 Å². The lowest BCUT2D eigenvalue weighted by Crippen LogP contribution is -2.45.